The highest BCUT2D eigenvalue weighted by Gasteiger charge is 2.17. The van der Waals surface area contributed by atoms with E-state index in [4.69, 9.17) is 0 Å². The smallest absolute Gasteiger partial charge is 0.0891 e. The molecule has 0 fully saturated rings. The molecule has 0 aliphatic heterocycles. The van der Waals surface area contributed by atoms with Gasteiger partial charge in [0.15, 0.2) is 0 Å². The lowest BCUT2D eigenvalue weighted by molar-refractivity contribution is 1.21. The summed E-state index contributed by atoms with van der Waals surface area (Å²) in [5.74, 6) is 0. The minimum absolute atomic E-state index is 0.877. The average Bonchev–Trinajstić information content (AvgIpc) is 3.16. The lowest BCUT2D eigenvalue weighted by Gasteiger charge is -2.18. The van der Waals surface area contributed by atoms with Gasteiger partial charge in [-0.1, -0.05) is 84.9 Å². The summed E-state index contributed by atoms with van der Waals surface area (Å²) in [5, 5.41) is 9.64. The number of aromatic nitrogens is 4. The first kappa shape index (κ1) is 26.7. The lowest BCUT2D eigenvalue weighted by atomic mass is 9.86. The van der Waals surface area contributed by atoms with E-state index in [1.54, 1.807) is 12.4 Å². The minimum atomic E-state index is 0.877. The van der Waals surface area contributed by atoms with Gasteiger partial charge in [-0.2, -0.15) is 0 Å². The van der Waals surface area contributed by atoms with Crippen LogP contribution in [0.15, 0.2) is 158 Å². The first-order chi connectivity index (χ1) is 23.8. The second kappa shape index (κ2) is 10.5. The fourth-order valence-corrected chi connectivity index (χ4v) is 7.50. The number of hydrogen-bond acceptors (Lipinski definition) is 4. The Morgan fingerprint density at radius 3 is 1.42 bits per heavy atom. The number of pyridine rings is 2. The number of rotatable bonds is 4. The van der Waals surface area contributed by atoms with Crippen molar-refractivity contribution >= 4 is 54.1 Å². The lowest BCUT2D eigenvalue weighted by Crippen LogP contribution is -1.92. The normalized spacial score (nSPS) is 11.8. The van der Waals surface area contributed by atoms with Crippen LogP contribution in [0.25, 0.3) is 98.8 Å². The fraction of sp³-hybridized carbons (Fsp3) is 0. The number of para-hydroxylation sites is 2. The molecule has 4 heteroatoms. The molecule has 3 heterocycles. The Morgan fingerprint density at radius 1 is 0.354 bits per heavy atom. The van der Waals surface area contributed by atoms with Crippen molar-refractivity contribution in [3.8, 4) is 44.6 Å². The maximum atomic E-state index is 4.67. The van der Waals surface area contributed by atoms with Crippen LogP contribution >= 0.6 is 0 Å². The average molecular weight is 611 g/mol. The summed E-state index contributed by atoms with van der Waals surface area (Å²) in [6.07, 6.45) is 9.15. The van der Waals surface area contributed by atoms with Gasteiger partial charge in [0.05, 0.1) is 22.9 Å². The molecule has 0 unspecified atom stereocenters. The van der Waals surface area contributed by atoms with Gasteiger partial charge < -0.3 is 0 Å². The summed E-state index contributed by atoms with van der Waals surface area (Å²) in [7, 11) is 0. The molecule has 0 N–H and O–H groups in total. The molecule has 0 spiro atoms. The van der Waals surface area contributed by atoms with Gasteiger partial charge in [0.1, 0.15) is 0 Å². The maximum absolute atomic E-state index is 4.67. The molecule has 0 atom stereocenters. The van der Waals surface area contributed by atoms with Crippen LogP contribution in [0, 0.1) is 0 Å². The van der Waals surface area contributed by atoms with Gasteiger partial charge in [0.2, 0.25) is 0 Å². The van der Waals surface area contributed by atoms with E-state index in [0.29, 0.717) is 0 Å². The molecule has 0 aliphatic rings. The van der Waals surface area contributed by atoms with Crippen LogP contribution in [0.3, 0.4) is 0 Å². The third-order valence-corrected chi connectivity index (χ3v) is 9.67. The van der Waals surface area contributed by atoms with E-state index >= 15 is 0 Å². The van der Waals surface area contributed by atoms with Crippen LogP contribution in [0.5, 0.6) is 0 Å². The molecule has 0 amide bonds. The Bertz CT molecular complexity index is 2730. The zero-order valence-electron chi connectivity index (χ0n) is 25.8. The van der Waals surface area contributed by atoms with Crippen LogP contribution in [0.4, 0.5) is 0 Å². The van der Waals surface area contributed by atoms with Crippen molar-refractivity contribution in [3.63, 3.8) is 0 Å². The van der Waals surface area contributed by atoms with Gasteiger partial charge in [-0.15, -0.1) is 0 Å². The molecule has 10 aromatic rings. The van der Waals surface area contributed by atoms with Crippen molar-refractivity contribution in [1.29, 1.82) is 0 Å². The van der Waals surface area contributed by atoms with Gasteiger partial charge in [-0.3, -0.25) is 19.9 Å². The first-order valence-corrected chi connectivity index (χ1v) is 16.1. The molecule has 0 aliphatic carbocycles. The van der Waals surface area contributed by atoms with Gasteiger partial charge in [-0.25, -0.2) is 0 Å². The number of fused-ring (bicyclic) bond motifs is 2. The molecule has 48 heavy (non-hydrogen) atoms. The summed E-state index contributed by atoms with van der Waals surface area (Å²) in [6.45, 7) is 0. The van der Waals surface area contributed by atoms with E-state index in [-0.39, 0.29) is 0 Å². The number of nitrogens with zero attached hydrogens (tertiary/aromatic N) is 4. The van der Waals surface area contributed by atoms with E-state index in [9.17, 15) is 0 Å². The molecule has 10 rings (SSSR count). The van der Waals surface area contributed by atoms with Crippen molar-refractivity contribution < 1.29 is 0 Å². The van der Waals surface area contributed by atoms with Crippen molar-refractivity contribution in [1.82, 2.24) is 19.9 Å². The zero-order valence-corrected chi connectivity index (χ0v) is 25.8. The second-order valence-electron chi connectivity index (χ2n) is 12.3. The summed E-state index contributed by atoms with van der Waals surface area (Å²) in [4.78, 5) is 18.3. The number of benzene rings is 7. The number of hydrogen-bond donors (Lipinski definition) is 0. The second-order valence-corrected chi connectivity index (χ2v) is 12.3. The van der Waals surface area contributed by atoms with Crippen LogP contribution in [-0.2, 0) is 0 Å². The van der Waals surface area contributed by atoms with Gasteiger partial charge >= 0.3 is 0 Å². The Morgan fingerprint density at radius 2 is 0.854 bits per heavy atom. The molecule has 0 saturated heterocycles. The topological polar surface area (TPSA) is 51.6 Å². The maximum Gasteiger partial charge on any atom is 0.0891 e. The van der Waals surface area contributed by atoms with Crippen molar-refractivity contribution in [2.24, 2.45) is 0 Å². The molecular formula is C44H26N4. The molecule has 222 valence electrons. The Hall–Kier alpha value is -6.52. The molecule has 7 aromatic carbocycles. The SMILES string of the molecule is c1ccc2c(-c3cc(-c4ccnc5ccccc45)cc(-c4ccc5ccc6c(-c7cnccn7)ccc7ccc4c5c76)c3)ccnc2c1. The predicted molar refractivity (Wildman–Crippen MR) is 198 cm³/mol. The Kier molecular flexibility index (Phi) is 5.84. The van der Waals surface area contributed by atoms with Crippen LogP contribution < -0.4 is 0 Å². The molecule has 4 nitrogen and oxygen atoms in total. The fourth-order valence-electron chi connectivity index (χ4n) is 7.50. The summed E-state index contributed by atoms with van der Waals surface area (Å²) >= 11 is 0. The van der Waals surface area contributed by atoms with Crippen molar-refractivity contribution in [2.75, 3.05) is 0 Å². The highest BCUT2D eigenvalue weighted by atomic mass is 14.8. The summed E-state index contributed by atoms with van der Waals surface area (Å²) in [5.41, 5.74) is 10.9. The van der Waals surface area contributed by atoms with Crippen LogP contribution in [0.2, 0.25) is 0 Å². The third kappa shape index (κ3) is 4.10. The highest BCUT2D eigenvalue weighted by Crippen LogP contribution is 2.44. The highest BCUT2D eigenvalue weighted by molar-refractivity contribution is 6.27. The Balaban J connectivity index is 1.27. The van der Waals surface area contributed by atoms with E-state index in [0.717, 1.165) is 60.9 Å². The molecule has 0 radical (unpaired) electrons. The van der Waals surface area contributed by atoms with Crippen molar-refractivity contribution in [2.45, 2.75) is 0 Å². The van der Waals surface area contributed by atoms with Crippen LogP contribution in [-0.4, -0.2) is 19.9 Å². The monoisotopic (exact) mass is 610 g/mol. The van der Waals surface area contributed by atoms with Crippen molar-refractivity contribution in [3.05, 3.63) is 158 Å². The van der Waals surface area contributed by atoms with E-state index in [1.807, 2.05) is 30.7 Å². The quantitative estimate of drug-likeness (QED) is 0.186. The third-order valence-electron chi connectivity index (χ3n) is 9.67. The van der Waals surface area contributed by atoms with E-state index in [2.05, 4.69) is 135 Å². The summed E-state index contributed by atoms with van der Waals surface area (Å²) < 4.78 is 0. The predicted octanol–water partition coefficient (Wildman–Crippen LogP) is 11.1. The van der Waals surface area contributed by atoms with Gasteiger partial charge in [-0.05, 0) is 108 Å². The molecule has 3 aromatic heterocycles. The van der Waals surface area contributed by atoms with E-state index in [1.165, 1.54) is 37.9 Å². The molecular weight excluding hydrogens is 585 g/mol. The standard InChI is InChI=1S/C44H26N4/c1-3-7-40-35(5-1)33(17-19-46-40)30-23-29(24-31(25-30)34-18-20-47-41-8-4-2-6-36(34)41)32-13-9-27-12-16-39-37(42-26-45-21-22-48-42)14-10-28-11-15-38(32)43(27)44(28)39/h1-26H. The molecule has 0 saturated carbocycles. The summed E-state index contributed by atoms with van der Waals surface area (Å²) in [6, 6.07) is 46.0. The van der Waals surface area contributed by atoms with Gasteiger partial charge in [0, 0.05) is 41.1 Å². The van der Waals surface area contributed by atoms with Gasteiger partial charge in [0.25, 0.3) is 0 Å². The largest absolute Gasteiger partial charge is 0.261 e. The first-order valence-electron chi connectivity index (χ1n) is 16.1. The zero-order chi connectivity index (χ0) is 31.6. The van der Waals surface area contributed by atoms with Crippen LogP contribution in [0.1, 0.15) is 0 Å². The Labute approximate surface area is 276 Å². The minimum Gasteiger partial charge on any atom is -0.261 e. The molecule has 0 bridgehead atoms. The van der Waals surface area contributed by atoms with E-state index < -0.39 is 0 Å².